The Morgan fingerprint density at radius 2 is 1.76 bits per heavy atom. The van der Waals surface area contributed by atoms with Gasteiger partial charge in [-0.2, -0.15) is 0 Å². The van der Waals surface area contributed by atoms with Gasteiger partial charge in [0.1, 0.15) is 0 Å². The lowest BCUT2D eigenvalue weighted by Gasteiger charge is -2.56. The van der Waals surface area contributed by atoms with Crippen molar-refractivity contribution in [3.8, 4) is 0 Å². The highest BCUT2D eigenvalue weighted by atomic mass is 16.1. The van der Waals surface area contributed by atoms with E-state index in [4.69, 9.17) is 0 Å². The van der Waals surface area contributed by atoms with E-state index in [1.165, 1.54) is 31.3 Å². The largest absolute Gasteiger partial charge is 0.295 e. The van der Waals surface area contributed by atoms with E-state index in [9.17, 15) is 4.79 Å². The topological polar surface area (TPSA) is 17.1 Å². The molecule has 0 heterocycles. The third kappa shape index (κ3) is 3.41. The molecule has 5 unspecified atom stereocenters. The summed E-state index contributed by atoms with van der Waals surface area (Å²) < 4.78 is 0. The minimum Gasteiger partial charge on any atom is -0.295 e. The van der Waals surface area contributed by atoms with Crippen LogP contribution in [0, 0.1) is 52.3 Å². The van der Waals surface area contributed by atoms with E-state index in [0.717, 1.165) is 36.5 Å². The molecule has 4 aliphatic carbocycles. The van der Waals surface area contributed by atoms with Gasteiger partial charge in [-0.25, -0.2) is 0 Å². The molecule has 2 saturated carbocycles. The number of rotatable bonds is 4. The van der Waals surface area contributed by atoms with Gasteiger partial charge in [-0.05, 0) is 96.0 Å². The molecule has 1 heteroatoms. The molecule has 0 bridgehead atoms. The average molecular weight is 395 g/mol. The van der Waals surface area contributed by atoms with Crippen LogP contribution in [0.25, 0.3) is 0 Å². The van der Waals surface area contributed by atoms with E-state index in [-0.39, 0.29) is 5.41 Å². The number of hydrogen-bond donors (Lipinski definition) is 0. The van der Waals surface area contributed by atoms with E-state index in [1.807, 2.05) is 6.08 Å². The zero-order valence-electron chi connectivity index (χ0n) is 19.6. The number of hydrogen-bond acceptors (Lipinski definition) is 1. The van der Waals surface area contributed by atoms with Gasteiger partial charge >= 0.3 is 0 Å². The third-order valence-electron chi connectivity index (χ3n) is 9.99. The number of carbonyl (C=O) groups is 1. The average Bonchev–Trinajstić information content (AvgIpc) is 3.03. The predicted octanol–water partition coefficient (Wildman–Crippen LogP) is 7.39. The number of allylic oxidation sites excluding steroid dienone is 6. The van der Waals surface area contributed by atoms with E-state index in [2.05, 4.69) is 65.8 Å². The molecule has 29 heavy (non-hydrogen) atoms. The van der Waals surface area contributed by atoms with Crippen molar-refractivity contribution in [2.45, 2.75) is 80.1 Å². The van der Waals surface area contributed by atoms with Crippen molar-refractivity contribution in [2.24, 2.45) is 52.3 Å². The zero-order valence-corrected chi connectivity index (χ0v) is 19.6. The lowest BCUT2D eigenvalue weighted by Crippen LogP contribution is -2.49. The first-order chi connectivity index (χ1) is 13.7. The first kappa shape index (κ1) is 21.1. The molecular weight excluding hydrogens is 352 g/mol. The van der Waals surface area contributed by atoms with Gasteiger partial charge in [-0.3, -0.25) is 4.79 Å². The number of ketones is 1. The molecule has 0 aromatic carbocycles. The smallest absolute Gasteiger partial charge is 0.156 e. The molecule has 0 saturated heterocycles. The zero-order chi connectivity index (χ0) is 21.0. The minimum atomic E-state index is 0.227. The lowest BCUT2D eigenvalue weighted by atomic mass is 9.48. The maximum atomic E-state index is 12.0. The van der Waals surface area contributed by atoms with Crippen LogP contribution >= 0.6 is 0 Å². The Labute approximate surface area is 179 Å². The van der Waals surface area contributed by atoms with Crippen molar-refractivity contribution in [3.63, 3.8) is 0 Å². The molecule has 4 rings (SSSR count). The molecule has 160 valence electrons. The molecule has 0 spiro atoms. The SMILES string of the molecule is CC(C)[C@@H](C)/C=C/[C@@H](C)C1CCC2C3C=CC4=CC(=O)CC[C@@]4(C)C3CCC21C. The van der Waals surface area contributed by atoms with Gasteiger partial charge in [0.15, 0.2) is 5.78 Å². The lowest BCUT2D eigenvalue weighted by molar-refractivity contribution is -0.116. The summed E-state index contributed by atoms with van der Waals surface area (Å²) >= 11 is 0. The fourth-order valence-corrected chi connectivity index (χ4v) is 7.61. The fourth-order valence-electron chi connectivity index (χ4n) is 7.61. The second-order valence-corrected chi connectivity index (χ2v) is 11.7. The van der Waals surface area contributed by atoms with Crippen molar-refractivity contribution in [1.82, 2.24) is 0 Å². The van der Waals surface area contributed by atoms with Crippen molar-refractivity contribution in [2.75, 3.05) is 0 Å². The van der Waals surface area contributed by atoms with Gasteiger partial charge < -0.3 is 0 Å². The van der Waals surface area contributed by atoms with Crippen LogP contribution in [-0.2, 0) is 4.79 Å². The van der Waals surface area contributed by atoms with Crippen LogP contribution in [-0.4, -0.2) is 5.78 Å². The molecule has 0 radical (unpaired) electrons. The molecular formula is C28H42O. The number of carbonyl (C=O) groups excluding carboxylic acids is 1. The highest BCUT2D eigenvalue weighted by molar-refractivity contribution is 5.92. The van der Waals surface area contributed by atoms with Crippen molar-refractivity contribution in [1.29, 1.82) is 0 Å². The van der Waals surface area contributed by atoms with Gasteiger partial charge in [-0.15, -0.1) is 0 Å². The van der Waals surface area contributed by atoms with Crippen molar-refractivity contribution < 1.29 is 4.79 Å². The van der Waals surface area contributed by atoms with Crippen LogP contribution in [0.1, 0.15) is 80.1 Å². The van der Waals surface area contributed by atoms with E-state index in [0.29, 0.717) is 29.0 Å². The summed E-state index contributed by atoms with van der Waals surface area (Å²) in [5.74, 6) is 5.46. The molecule has 0 amide bonds. The van der Waals surface area contributed by atoms with Gasteiger partial charge in [0, 0.05) is 6.42 Å². The Kier molecular flexibility index (Phi) is 5.50. The van der Waals surface area contributed by atoms with E-state index >= 15 is 0 Å². The molecule has 8 atom stereocenters. The predicted molar refractivity (Wildman–Crippen MR) is 122 cm³/mol. The highest BCUT2D eigenvalue weighted by Gasteiger charge is 2.58. The normalized spacial score (nSPS) is 43.7. The molecule has 0 N–H and O–H groups in total. The maximum absolute atomic E-state index is 12.0. The summed E-state index contributed by atoms with van der Waals surface area (Å²) in [6.45, 7) is 14.6. The highest BCUT2D eigenvalue weighted by Crippen LogP contribution is 2.66. The summed E-state index contributed by atoms with van der Waals surface area (Å²) in [4.78, 5) is 12.0. The van der Waals surface area contributed by atoms with Gasteiger partial charge in [0.2, 0.25) is 0 Å². The van der Waals surface area contributed by atoms with E-state index < -0.39 is 0 Å². The summed E-state index contributed by atoms with van der Waals surface area (Å²) in [7, 11) is 0. The van der Waals surface area contributed by atoms with Crippen molar-refractivity contribution >= 4 is 5.78 Å². The molecule has 0 aromatic rings. The second-order valence-electron chi connectivity index (χ2n) is 11.7. The fraction of sp³-hybridized carbons (Fsp3) is 0.750. The van der Waals surface area contributed by atoms with Crippen LogP contribution < -0.4 is 0 Å². The van der Waals surface area contributed by atoms with Gasteiger partial charge in [0.25, 0.3) is 0 Å². The Hall–Kier alpha value is -1.11. The van der Waals surface area contributed by atoms with Gasteiger partial charge in [0.05, 0.1) is 0 Å². The Bertz CT molecular complexity index is 739. The molecule has 4 aliphatic rings. The maximum Gasteiger partial charge on any atom is 0.156 e. The van der Waals surface area contributed by atoms with Crippen LogP contribution in [0.5, 0.6) is 0 Å². The van der Waals surface area contributed by atoms with Crippen LogP contribution in [0.4, 0.5) is 0 Å². The van der Waals surface area contributed by atoms with Gasteiger partial charge in [-0.1, -0.05) is 65.8 Å². The summed E-state index contributed by atoms with van der Waals surface area (Å²) in [5, 5.41) is 0. The summed E-state index contributed by atoms with van der Waals surface area (Å²) in [5.41, 5.74) is 2.02. The molecule has 1 nitrogen and oxygen atoms in total. The quantitative estimate of drug-likeness (QED) is 0.454. The van der Waals surface area contributed by atoms with Crippen LogP contribution in [0.15, 0.2) is 36.0 Å². The first-order valence-electron chi connectivity index (χ1n) is 12.3. The van der Waals surface area contributed by atoms with Crippen molar-refractivity contribution in [3.05, 3.63) is 36.0 Å². The Morgan fingerprint density at radius 3 is 2.48 bits per heavy atom. The summed E-state index contributed by atoms with van der Waals surface area (Å²) in [6, 6.07) is 0. The second kappa shape index (κ2) is 7.54. The number of fused-ring (bicyclic) bond motifs is 5. The Morgan fingerprint density at radius 1 is 1.00 bits per heavy atom. The third-order valence-corrected chi connectivity index (χ3v) is 9.99. The molecule has 2 fully saturated rings. The monoisotopic (exact) mass is 394 g/mol. The first-order valence-corrected chi connectivity index (χ1v) is 12.3. The van der Waals surface area contributed by atoms with Crippen LogP contribution in [0.3, 0.4) is 0 Å². The minimum absolute atomic E-state index is 0.227. The standard InChI is InChI=1S/C28H42O/c1-18(2)19(3)7-8-20(4)24-11-12-25-23-10-9-21-17-22(29)13-15-27(21,5)26(23)14-16-28(24,25)6/h7-10,17-20,23-26H,11-16H2,1-6H3/b8-7+/t19-,20+,23?,24?,25?,26?,27+,28?/m0/s1. The molecule has 0 aromatic heterocycles. The summed E-state index contributed by atoms with van der Waals surface area (Å²) in [6.07, 6.45) is 19.1. The Balaban J connectivity index is 1.57. The van der Waals surface area contributed by atoms with Crippen LogP contribution in [0.2, 0.25) is 0 Å². The van der Waals surface area contributed by atoms with E-state index in [1.54, 1.807) is 0 Å². The molecule has 0 aliphatic heterocycles.